The largest absolute Gasteiger partial charge is 0.497 e. The third kappa shape index (κ3) is 5.24. The molecule has 1 amide bonds. The molecule has 0 aliphatic carbocycles. The molecule has 28 heavy (non-hydrogen) atoms. The maximum Gasteiger partial charge on any atom is 0.252 e. The van der Waals surface area contributed by atoms with E-state index in [2.05, 4.69) is 15.6 Å². The molecule has 0 atom stereocenters. The third-order valence-corrected chi connectivity index (χ3v) is 4.54. The predicted octanol–water partition coefficient (Wildman–Crippen LogP) is 4.77. The van der Waals surface area contributed by atoms with Gasteiger partial charge in [-0.1, -0.05) is 23.7 Å². The number of aromatic nitrogens is 1. The Kier molecular flexibility index (Phi) is 6.50. The van der Waals surface area contributed by atoms with E-state index < -0.39 is 0 Å². The fourth-order valence-electron chi connectivity index (χ4n) is 2.81. The van der Waals surface area contributed by atoms with Gasteiger partial charge in [0, 0.05) is 23.5 Å². The molecule has 5 nitrogen and oxygen atoms in total. The van der Waals surface area contributed by atoms with Crippen molar-refractivity contribution in [2.45, 2.75) is 13.3 Å². The maximum absolute atomic E-state index is 12.5. The summed E-state index contributed by atoms with van der Waals surface area (Å²) in [5, 5.41) is 6.89. The molecule has 3 aromatic rings. The lowest BCUT2D eigenvalue weighted by Gasteiger charge is -2.11. The molecule has 1 heterocycles. The lowest BCUT2D eigenvalue weighted by molar-refractivity contribution is 0.0954. The Morgan fingerprint density at radius 3 is 2.79 bits per heavy atom. The smallest absolute Gasteiger partial charge is 0.252 e. The predicted molar refractivity (Wildman–Crippen MR) is 113 cm³/mol. The van der Waals surface area contributed by atoms with E-state index in [-0.39, 0.29) is 5.91 Å². The lowest BCUT2D eigenvalue weighted by Crippen LogP contribution is -2.25. The van der Waals surface area contributed by atoms with Crippen LogP contribution in [0.3, 0.4) is 0 Å². The van der Waals surface area contributed by atoms with E-state index >= 15 is 0 Å². The minimum Gasteiger partial charge on any atom is -0.497 e. The standard InChI is InChI=1S/C22H22ClN3O2/c1-15-10-18(23)6-7-21(15)26-19-12-17(13-24-14-19)22(27)25-9-8-16-4-3-5-20(11-16)28-2/h3-7,10-14,26H,8-9H2,1-2H3,(H,25,27). The number of halogens is 1. The van der Waals surface area contributed by atoms with Crippen molar-refractivity contribution in [3.63, 3.8) is 0 Å². The Balaban J connectivity index is 1.60. The number of carbonyl (C=O) groups is 1. The average molecular weight is 396 g/mol. The second kappa shape index (κ2) is 9.24. The summed E-state index contributed by atoms with van der Waals surface area (Å²) in [6.07, 6.45) is 3.96. The van der Waals surface area contributed by atoms with E-state index in [0.717, 1.165) is 34.7 Å². The normalized spacial score (nSPS) is 10.4. The highest BCUT2D eigenvalue weighted by atomic mass is 35.5. The van der Waals surface area contributed by atoms with Crippen LogP contribution in [0.5, 0.6) is 5.75 Å². The summed E-state index contributed by atoms with van der Waals surface area (Å²) >= 11 is 6.00. The van der Waals surface area contributed by atoms with Crippen LogP contribution in [0.1, 0.15) is 21.5 Å². The van der Waals surface area contributed by atoms with Gasteiger partial charge in [-0.05, 0) is 60.9 Å². The van der Waals surface area contributed by atoms with Crippen LogP contribution in [0.25, 0.3) is 0 Å². The second-order valence-corrected chi connectivity index (χ2v) is 6.84. The summed E-state index contributed by atoms with van der Waals surface area (Å²) in [4.78, 5) is 16.6. The molecule has 0 spiro atoms. The van der Waals surface area contributed by atoms with Crippen molar-refractivity contribution in [3.8, 4) is 5.75 Å². The second-order valence-electron chi connectivity index (χ2n) is 6.40. The third-order valence-electron chi connectivity index (χ3n) is 4.30. The van der Waals surface area contributed by atoms with Gasteiger partial charge in [0.1, 0.15) is 5.75 Å². The van der Waals surface area contributed by atoms with Crippen LogP contribution in [-0.4, -0.2) is 24.5 Å². The number of carbonyl (C=O) groups excluding carboxylic acids is 1. The number of nitrogens with zero attached hydrogens (tertiary/aromatic N) is 1. The number of anilines is 2. The number of hydrogen-bond donors (Lipinski definition) is 2. The van der Waals surface area contributed by atoms with E-state index in [0.29, 0.717) is 17.1 Å². The van der Waals surface area contributed by atoms with Crippen LogP contribution < -0.4 is 15.4 Å². The quantitative estimate of drug-likeness (QED) is 0.605. The molecular weight excluding hydrogens is 374 g/mol. The number of aryl methyl sites for hydroxylation is 1. The van der Waals surface area contributed by atoms with Crippen molar-refractivity contribution in [2.24, 2.45) is 0 Å². The van der Waals surface area contributed by atoms with Gasteiger partial charge in [-0.25, -0.2) is 0 Å². The van der Waals surface area contributed by atoms with E-state index in [1.807, 2.05) is 49.4 Å². The highest BCUT2D eigenvalue weighted by Gasteiger charge is 2.08. The van der Waals surface area contributed by atoms with Crippen LogP contribution in [0.15, 0.2) is 60.9 Å². The lowest BCUT2D eigenvalue weighted by atomic mass is 10.1. The number of rotatable bonds is 7. The summed E-state index contributed by atoms with van der Waals surface area (Å²) in [7, 11) is 1.64. The summed E-state index contributed by atoms with van der Waals surface area (Å²) in [6, 6.07) is 15.2. The van der Waals surface area contributed by atoms with E-state index in [1.54, 1.807) is 25.6 Å². The Bertz CT molecular complexity index is 976. The Morgan fingerprint density at radius 2 is 2.00 bits per heavy atom. The first-order valence-electron chi connectivity index (χ1n) is 8.94. The first-order chi connectivity index (χ1) is 13.5. The van der Waals surface area contributed by atoms with Gasteiger partial charge in [-0.15, -0.1) is 0 Å². The SMILES string of the molecule is COc1cccc(CCNC(=O)c2cncc(Nc3ccc(Cl)cc3C)c2)c1. The fourth-order valence-corrected chi connectivity index (χ4v) is 3.03. The number of amides is 1. The van der Waals surface area contributed by atoms with Crippen LogP contribution in [0.4, 0.5) is 11.4 Å². The molecule has 0 saturated heterocycles. The van der Waals surface area contributed by atoms with Crippen molar-refractivity contribution >= 4 is 28.9 Å². The molecule has 0 saturated carbocycles. The summed E-state index contributed by atoms with van der Waals surface area (Å²) in [5.74, 6) is 0.649. The van der Waals surface area contributed by atoms with Crippen molar-refractivity contribution in [2.75, 3.05) is 19.0 Å². The van der Waals surface area contributed by atoms with E-state index in [1.165, 1.54) is 0 Å². The maximum atomic E-state index is 12.5. The van der Waals surface area contributed by atoms with Gasteiger partial charge in [-0.2, -0.15) is 0 Å². The van der Waals surface area contributed by atoms with E-state index in [9.17, 15) is 4.79 Å². The highest BCUT2D eigenvalue weighted by Crippen LogP contribution is 2.23. The molecule has 1 aromatic heterocycles. The monoisotopic (exact) mass is 395 g/mol. The Hall–Kier alpha value is -3.05. The van der Waals surface area contributed by atoms with Crippen LogP contribution in [-0.2, 0) is 6.42 Å². The first kappa shape index (κ1) is 19.7. The van der Waals surface area contributed by atoms with Gasteiger partial charge in [-0.3, -0.25) is 9.78 Å². The molecule has 6 heteroatoms. The first-order valence-corrected chi connectivity index (χ1v) is 9.32. The van der Waals surface area contributed by atoms with Crippen LogP contribution >= 0.6 is 11.6 Å². The highest BCUT2D eigenvalue weighted by molar-refractivity contribution is 6.30. The molecule has 2 aromatic carbocycles. The topological polar surface area (TPSA) is 63.2 Å². The Morgan fingerprint density at radius 1 is 1.14 bits per heavy atom. The molecule has 0 unspecified atom stereocenters. The number of benzene rings is 2. The molecule has 2 N–H and O–H groups in total. The van der Waals surface area contributed by atoms with Crippen molar-refractivity contribution in [1.82, 2.24) is 10.3 Å². The molecular formula is C22H22ClN3O2. The van der Waals surface area contributed by atoms with Crippen molar-refractivity contribution < 1.29 is 9.53 Å². The van der Waals surface area contributed by atoms with Gasteiger partial charge in [0.05, 0.1) is 24.6 Å². The molecule has 144 valence electrons. The molecule has 0 bridgehead atoms. The fraction of sp³-hybridized carbons (Fsp3) is 0.182. The number of pyridine rings is 1. The van der Waals surface area contributed by atoms with Crippen LogP contribution in [0.2, 0.25) is 5.02 Å². The number of methoxy groups -OCH3 is 1. The molecule has 0 radical (unpaired) electrons. The van der Waals surface area contributed by atoms with Crippen LogP contribution in [0, 0.1) is 6.92 Å². The zero-order chi connectivity index (χ0) is 19.9. The van der Waals surface area contributed by atoms with Gasteiger partial charge in [0.2, 0.25) is 0 Å². The molecule has 0 aliphatic rings. The average Bonchev–Trinajstić information content (AvgIpc) is 2.70. The van der Waals surface area contributed by atoms with Gasteiger partial charge < -0.3 is 15.4 Å². The number of hydrogen-bond acceptors (Lipinski definition) is 4. The number of nitrogens with one attached hydrogen (secondary N) is 2. The van der Waals surface area contributed by atoms with E-state index in [4.69, 9.17) is 16.3 Å². The van der Waals surface area contributed by atoms with Gasteiger partial charge in [0.15, 0.2) is 0 Å². The number of ether oxygens (including phenoxy) is 1. The summed E-state index contributed by atoms with van der Waals surface area (Å²) in [5.41, 5.74) is 4.28. The van der Waals surface area contributed by atoms with Crippen molar-refractivity contribution in [3.05, 3.63) is 82.6 Å². The summed E-state index contributed by atoms with van der Waals surface area (Å²) in [6.45, 7) is 2.50. The zero-order valence-corrected chi connectivity index (χ0v) is 16.6. The van der Waals surface area contributed by atoms with Crippen molar-refractivity contribution in [1.29, 1.82) is 0 Å². The molecule has 0 aliphatic heterocycles. The minimum atomic E-state index is -0.160. The zero-order valence-electron chi connectivity index (χ0n) is 15.8. The Labute approximate surface area is 169 Å². The van der Waals surface area contributed by atoms with Gasteiger partial charge >= 0.3 is 0 Å². The molecule has 0 fully saturated rings. The molecule has 3 rings (SSSR count). The van der Waals surface area contributed by atoms with Gasteiger partial charge in [0.25, 0.3) is 5.91 Å². The summed E-state index contributed by atoms with van der Waals surface area (Å²) < 4.78 is 5.22. The minimum absolute atomic E-state index is 0.160.